The van der Waals surface area contributed by atoms with E-state index in [2.05, 4.69) is 36.3 Å². The van der Waals surface area contributed by atoms with E-state index in [1.54, 1.807) is 0 Å². The van der Waals surface area contributed by atoms with Crippen LogP contribution in [0.25, 0.3) is 0 Å². The first-order chi connectivity index (χ1) is 10.3. The van der Waals surface area contributed by atoms with Crippen molar-refractivity contribution in [1.29, 1.82) is 0 Å². The first-order valence-corrected chi connectivity index (χ1v) is 8.58. The van der Waals surface area contributed by atoms with Gasteiger partial charge in [0, 0.05) is 39.3 Å². The molecule has 0 bridgehead atoms. The molecule has 1 atom stereocenters. The van der Waals surface area contributed by atoms with Crippen LogP contribution in [0.15, 0.2) is 4.99 Å². The summed E-state index contributed by atoms with van der Waals surface area (Å²) in [6.45, 7) is 14.4. The summed E-state index contributed by atoms with van der Waals surface area (Å²) in [4.78, 5) is 7.19. The van der Waals surface area contributed by atoms with Gasteiger partial charge in [0.05, 0.1) is 13.2 Å². The van der Waals surface area contributed by atoms with Gasteiger partial charge in [-0.2, -0.15) is 0 Å². The first-order valence-electron chi connectivity index (χ1n) is 8.58. The first kappa shape index (κ1) is 18.2. The summed E-state index contributed by atoms with van der Waals surface area (Å²) in [5, 5.41) is 6.74. The van der Waals surface area contributed by atoms with Gasteiger partial charge in [0.1, 0.15) is 0 Å². The fourth-order valence-corrected chi connectivity index (χ4v) is 2.45. The molecule has 1 rings (SSSR count). The van der Waals surface area contributed by atoms with E-state index >= 15 is 0 Å². The third kappa shape index (κ3) is 8.94. The van der Waals surface area contributed by atoms with Gasteiger partial charge in [-0.15, -0.1) is 0 Å². The Morgan fingerprint density at radius 1 is 1.19 bits per heavy atom. The van der Waals surface area contributed by atoms with Gasteiger partial charge in [-0.3, -0.25) is 9.89 Å². The predicted molar refractivity (Wildman–Crippen MR) is 89.9 cm³/mol. The highest BCUT2D eigenvalue weighted by Crippen LogP contribution is 2.03. The molecule has 5 heteroatoms. The van der Waals surface area contributed by atoms with Crippen LogP contribution in [0.1, 0.15) is 40.0 Å². The van der Waals surface area contributed by atoms with E-state index < -0.39 is 0 Å². The molecular weight excluding hydrogens is 264 g/mol. The molecule has 5 nitrogen and oxygen atoms in total. The molecule has 1 unspecified atom stereocenters. The zero-order valence-electron chi connectivity index (χ0n) is 14.2. The molecule has 0 radical (unpaired) electrons. The minimum absolute atomic E-state index is 0.578. The van der Waals surface area contributed by atoms with Crippen LogP contribution in [-0.2, 0) is 4.74 Å². The normalized spacial score (nSPS) is 18.5. The lowest BCUT2D eigenvalue weighted by molar-refractivity contribution is 0.0323. The lowest BCUT2D eigenvalue weighted by Crippen LogP contribution is -2.40. The molecule has 1 heterocycles. The molecule has 2 N–H and O–H groups in total. The van der Waals surface area contributed by atoms with Crippen molar-refractivity contribution in [1.82, 2.24) is 15.5 Å². The van der Waals surface area contributed by atoms with E-state index in [9.17, 15) is 0 Å². The highest BCUT2D eigenvalue weighted by atomic mass is 16.5. The standard InChI is InChI=1S/C16H34N4O/c1-4-6-7-8-18-16(17-5-2)19-13-15(3)14-20-9-11-21-12-10-20/h15H,4-14H2,1-3H3,(H2,17,18,19). The van der Waals surface area contributed by atoms with E-state index in [-0.39, 0.29) is 0 Å². The lowest BCUT2D eigenvalue weighted by Gasteiger charge is -2.28. The van der Waals surface area contributed by atoms with Gasteiger partial charge < -0.3 is 15.4 Å². The van der Waals surface area contributed by atoms with E-state index in [1.165, 1.54) is 19.3 Å². The number of hydrogen-bond donors (Lipinski definition) is 2. The number of rotatable bonds is 9. The Kier molecular flexibility index (Phi) is 10.3. The van der Waals surface area contributed by atoms with Crippen molar-refractivity contribution in [3.05, 3.63) is 0 Å². The van der Waals surface area contributed by atoms with Gasteiger partial charge in [0.25, 0.3) is 0 Å². The maximum atomic E-state index is 5.39. The minimum atomic E-state index is 0.578. The second-order valence-electron chi connectivity index (χ2n) is 5.87. The zero-order valence-corrected chi connectivity index (χ0v) is 14.2. The Bertz CT molecular complexity index is 277. The number of morpholine rings is 1. The van der Waals surface area contributed by atoms with Crippen molar-refractivity contribution in [2.24, 2.45) is 10.9 Å². The Morgan fingerprint density at radius 3 is 2.62 bits per heavy atom. The molecule has 0 aromatic carbocycles. The average Bonchev–Trinajstić information content (AvgIpc) is 2.50. The molecular formula is C16H34N4O. The number of hydrogen-bond acceptors (Lipinski definition) is 3. The SMILES string of the molecule is CCCCCNC(=NCC(C)CN1CCOCC1)NCC. The van der Waals surface area contributed by atoms with Crippen molar-refractivity contribution in [3.63, 3.8) is 0 Å². The maximum Gasteiger partial charge on any atom is 0.191 e. The fourth-order valence-electron chi connectivity index (χ4n) is 2.45. The van der Waals surface area contributed by atoms with E-state index in [4.69, 9.17) is 9.73 Å². The highest BCUT2D eigenvalue weighted by molar-refractivity contribution is 5.79. The lowest BCUT2D eigenvalue weighted by atomic mass is 10.1. The van der Waals surface area contributed by atoms with E-state index in [1.807, 2.05) is 0 Å². The second kappa shape index (κ2) is 11.8. The summed E-state index contributed by atoms with van der Waals surface area (Å²) < 4.78 is 5.39. The summed E-state index contributed by atoms with van der Waals surface area (Å²) in [5.41, 5.74) is 0. The van der Waals surface area contributed by atoms with Gasteiger partial charge in [0.15, 0.2) is 5.96 Å². The summed E-state index contributed by atoms with van der Waals surface area (Å²) in [6, 6.07) is 0. The highest BCUT2D eigenvalue weighted by Gasteiger charge is 2.13. The minimum Gasteiger partial charge on any atom is -0.379 e. The second-order valence-corrected chi connectivity index (χ2v) is 5.87. The molecule has 21 heavy (non-hydrogen) atoms. The average molecular weight is 298 g/mol. The third-order valence-corrected chi connectivity index (χ3v) is 3.65. The van der Waals surface area contributed by atoms with Gasteiger partial charge in [-0.25, -0.2) is 0 Å². The number of aliphatic imine (C=N–C) groups is 1. The molecule has 1 saturated heterocycles. The molecule has 0 aromatic heterocycles. The molecule has 1 aliphatic rings. The molecule has 1 aliphatic heterocycles. The molecule has 124 valence electrons. The van der Waals surface area contributed by atoms with Gasteiger partial charge >= 0.3 is 0 Å². The van der Waals surface area contributed by atoms with Gasteiger partial charge in [0.2, 0.25) is 0 Å². The van der Waals surface area contributed by atoms with Crippen LogP contribution in [-0.4, -0.2) is 63.3 Å². The fraction of sp³-hybridized carbons (Fsp3) is 0.938. The van der Waals surface area contributed by atoms with Crippen LogP contribution >= 0.6 is 0 Å². The third-order valence-electron chi connectivity index (χ3n) is 3.65. The van der Waals surface area contributed by atoms with Gasteiger partial charge in [-0.05, 0) is 19.3 Å². The maximum absolute atomic E-state index is 5.39. The Morgan fingerprint density at radius 2 is 1.95 bits per heavy atom. The quantitative estimate of drug-likeness (QED) is 0.386. The van der Waals surface area contributed by atoms with Crippen LogP contribution in [0.4, 0.5) is 0 Å². The Labute approximate surface area is 130 Å². The number of nitrogens with one attached hydrogen (secondary N) is 2. The predicted octanol–water partition coefficient (Wildman–Crippen LogP) is 1.70. The van der Waals surface area contributed by atoms with Crippen molar-refractivity contribution < 1.29 is 4.74 Å². The number of nitrogens with zero attached hydrogens (tertiary/aromatic N) is 2. The molecule has 0 aromatic rings. The molecule has 0 spiro atoms. The zero-order chi connectivity index (χ0) is 15.3. The van der Waals surface area contributed by atoms with Crippen LogP contribution in [0.3, 0.4) is 0 Å². The van der Waals surface area contributed by atoms with Gasteiger partial charge in [-0.1, -0.05) is 26.7 Å². The molecule has 1 fully saturated rings. The number of unbranched alkanes of at least 4 members (excludes halogenated alkanes) is 2. The summed E-state index contributed by atoms with van der Waals surface area (Å²) in [5.74, 6) is 1.54. The number of guanidine groups is 1. The molecule has 0 amide bonds. The van der Waals surface area contributed by atoms with Crippen molar-refractivity contribution in [2.75, 3.05) is 52.5 Å². The summed E-state index contributed by atoms with van der Waals surface area (Å²) in [6.07, 6.45) is 3.75. The largest absolute Gasteiger partial charge is 0.379 e. The molecule has 0 saturated carbocycles. The number of ether oxygens (including phenoxy) is 1. The summed E-state index contributed by atoms with van der Waals surface area (Å²) >= 11 is 0. The van der Waals surface area contributed by atoms with E-state index in [0.717, 1.165) is 58.4 Å². The van der Waals surface area contributed by atoms with Crippen LogP contribution in [0.2, 0.25) is 0 Å². The van der Waals surface area contributed by atoms with Crippen LogP contribution < -0.4 is 10.6 Å². The molecule has 0 aliphatic carbocycles. The Balaban J connectivity index is 2.26. The van der Waals surface area contributed by atoms with Crippen molar-refractivity contribution in [3.8, 4) is 0 Å². The smallest absolute Gasteiger partial charge is 0.191 e. The van der Waals surface area contributed by atoms with Crippen molar-refractivity contribution >= 4 is 5.96 Å². The van der Waals surface area contributed by atoms with Crippen LogP contribution in [0.5, 0.6) is 0 Å². The topological polar surface area (TPSA) is 48.9 Å². The monoisotopic (exact) mass is 298 g/mol. The Hall–Kier alpha value is -0.810. The van der Waals surface area contributed by atoms with E-state index in [0.29, 0.717) is 5.92 Å². The summed E-state index contributed by atoms with van der Waals surface area (Å²) in [7, 11) is 0. The van der Waals surface area contributed by atoms with Crippen LogP contribution in [0, 0.1) is 5.92 Å². The van der Waals surface area contributed by atoms with Crippen molar-refractivity contribution in [2.45, 2.75) is 40.0 Å².